The number of rotatable bonds is 2. The Morgan fingerprint density at radius 1 is 1.58 bits per heavy atom. The van der Waals surface area contributed by atoms with Gasteiger partial charge in [-0.1, -0.05) is 39.1 Å². The number of hydrogen-bond donors (Lipinski definition) is 0. The van der Waals surface area contributed by atoms with Crippen molar-refractivity contribution in [3.05, 3.63) is 28.0 Å². The Balaban J connectivity index is 3.13. The van der Waals surface area contributed by atoms with E-state index >= 15 is 0 Å². The molecule has 0 saturated carbocycles. The van der Waals surface area contributed by atoms with E-state index in [9.17, 15) is 4.79 Å². The van der Waals surface area contributed by atoms with Crippen LogP contribution in [0.15, 0.2) is 12.3 Å². The van der Waals surface area contributed by atoms with E-state index in [0.29, 0.717) is 10.6 Å². The summed E-state index contributed by atoms with van der Waals surface area (Å²) in [6.07, 6.45) is 1.36. The zero-order valence-electron chi connectivity index (χ0n) is 5.85. The lowest BCUT2D eigenvalue weighted by atomic mass is 10.2. The van der Waals surface area contributed by atoms with E-state index < -0.39 is 0 Å². The number of nitrogens with zero attached hydrogens (tertiary/aromatic N) is 1. The lowest BCUT2D eigenvalue weighted by Crippen LogP contribution is -2.01. The second-order valence-electron chi connectivity index (χ2n) is 2.04. The fourth-order valence-electron chi connectivity index (χ4n) is 0.699. The van der Waals surface area contributed by atoms with Gasteiger partial charge in [-0.15, -0.1) is 0 Å². The van der Waals surface area contributed by atoms with Crippen LogP contribution in [0.2, 0.25) is 10.2 Å². The molecule has 0 bridgehead atoms. The van der Waals surface area contributed by atoms with Crippen LogP contribution in [0.4, 0.5) is 0 Å². The summed E-state index contributed by atoms with van der Waals surface area (Å²) in [5.74, 6) is -0.107. The minimum absolute atomic E-state index is 0.107. The maximum Gasteiger partial charge on any atom is 0.175 e. The van der Waals surface area contributed by atoms with Crippen molar-refractivity contribution in [2.45, 2.75) is 0 Å². The number of ketones is 1. The van der Waals surface area contributed by atoms with Gasteiger partial charge in [-0.25, -0.2) is 4.98 Å². The topological polar surface area (TPSA) is 30.0 Å². The molecule has 0 aromatic carbocycles. The van der Waals surface area contributed by atoms with Crippen molar-refractivity contribution in [3.8, 4) is 0 Å². The number of halogens is 3. The molecule has 12 heavy (non-hydrogen) atoms. The highest BCUT2D eigenvalue weighted by atomic mass is 79.9. The second-order valence-corrected chi connectivity index (χ2v) is 3.40. The molecule has 0 radical (unpaired) electrons. The summed E-state index contributed by atoms with van der Waals surface area (Å²) in [7, 11) is 0. The normalized spacial score (nSPS) is 9.92. The largest absolute Gasteiger partial charge is 0.293 e. The molecule has 0 aliphatic heterocycles. The maximum atomic E-state index is 11.2. The van der Waals surface area contributed by atoms with Crippen LogP contribution < -0.4 is 0 Å². The molecule has 0 atom stereocenters. The van der Waals surface area contributed by atoms with Crippen molar-refractivity contribution in [1.82, 2.24) is 4.98 Å². The van der Waals surface area contributed by atoms with Gasteiger partial charge in [0, 0.05) is 11.8 Å². The highest BCUT2D eigenvalue weighted by Gasteiger charge is 2.09. The Kier molecular flexibility index (Phi) is 3.50. The molecule has 1 heterocycles. The number of pyridine rings is 1. The summed E-state index contributed by atoms with van der Waals surface area (Å²) in [4.78, 5) is 14.9. The van der Waals surface area contributed by atoms with E-state index in [0.717, 1.165) is 0 Å². The van der Waals surface area contributed by atoms with Crippen molar-refractivity contribution < 1.29 is 4.79 Å². The van der Waals surface area contributed by atoms with Crippen molar-refractivity contribution >= 4 is 44.9 Å². The molecule has 1 aromatic rings. The number of aromatic nitrogens is 1. The Morgan fingerprint density at radius 3 is 2.83 bits per heavy atom. The Labute approximate surface area is 88.0 Å². The van der Waals surface area contributed by atoms with Crippen LogP contribution >= 0.6 is 39.1 Å². The van der Waals surface area contributed by atoms with Crippen molar-refractivity contribution in [3.63, 3.8) is 0 Å². The van der Waals surface area contributed by atoms with E-state index in [2.05, 4.69) is 20.9 Å². The number of Topliss-reactive ketones (excluding diaryl/α,β-unsaturated/α-hetero) is 1. The smallest absolute Gasteiger partial charge is 0.175 e. The van der Waals surface area contributed by atoms with Crippen LogP contribution in [-0.2, 0) is 0 Å². The molecule has 2 nitrogen and oxygen atoms in total. The first-order valence-electron chi connectivity index (χ1n) is 3.05. The van der Waals surface area contributed by atoms with Gasteiger partial charge >= 0.3 is 0 Å². The third-order valence-electron chi connectivity index (χ3n) is 1.24. The van der Waals surface area contributed by atoms with Gasteiger partial charge in [-0.3, -0.25) is 4.79 Å². The predicted molar refractivity (Wildman–Crippen MR) is 52.4 cm³/mol. The molecule has 0 aliphatic carbocycles. The summed E-state index contributed by atoms with van der Waals surface area (Å²) < 4.78 is 0. The predicted octanol–water partition coefficient (Wildman–Crippen LogP) is 2.97. The van der Waals surface area contributed by atoms with E-state index in [1.807, 2.05) is 0 Å². The lowest BCUT2D eigenvalue weighted by Gasteiger charge is -1.99. The zero-order valence-corrected chi connectivity index (χ0v) is 8.95. The highest BCUT2D eigenvalue weighted by Crippen LogP contribution is 2.18. The van der Waals surface area contributed by atoms with Gasteiger partial charge < -0.3 is 0 Å². The number of alkyl halides is 1. The summed E-state index contributed by atoms with van der Waals surface area (Å²) in [6, 6.07) is 1.45. The van der Waals surface area contributed by atoms with Gasteiger partial charge in [0.1, 0.15) is 5.15 Å². The molecule has 0 unspecified atom stereocenters. The molecular weight excluding hydrogens is 265 g/mol. The van der Waals surface area contributed by atoms with E-state index in [-0.39, 0.29) is 16.3 Å². The molecule has 1 rings (SSSR count). The van der Waals surface area contributed by atoms with Gasteiger partial charge in [0.25, 0.3) is 0 Å². The van der Waals surface area contributed by atoms with E-state index in [1.165, 1.54) is 12.3 Å². The number of hydrogen-bond acceptors (Lipinski definition) is 2. The minimum Gasteiger partial charge on any atom is -0.293 e. The maximum absolute atomic E-state index is 11.2. The van der Waals surface area contributed by atoms with Gasteiger partial charge in [-0.05, 0) is 6.07 Å². The van der Waals surface area contributed by atoms with Crippen molar-refractivity contribution in [2.24, 2.45) is 0 Å². The van der Waals surface area contributed by atoms with Crippen molar-refractivity contribution in [2.75, 3.05) is 5.33 Å². The van der Waals surface area contributed by atoms with Crippen LogP contribution in [0.25, 0.3) is 0 Å². The molecule has 0 aliphatic rings. The van der Waals surface area contributed by atoms with Gasteiger partial charge in [0.2, 0.25) is 0 Å². The van der Waals surface area contributed by atoms with Crippen LogP contribution in [-0.4, -0.2) is 16.1 Å². The zero-order chi connectivity index (χ0) is 9.14. The Hall–Kier alpha value is -0.120. The molecule has 0 spiro atoms. The standard InChI is InChI=1S/C7H4BrCl2NO/c8-2-6(12)4-1-7(10)11-3-5(4)9/h1,3H,2H2. The quantitative estimate of drug-likeness (QED) is 0.469. The fourth-order valence-corrected chi connectivity index (χ4v) is 1.37. The Bertz CT molecular complexity index is 316. The molecule has 5 heteroatoms. The SMILES string of the molecule is O=C(CBr)c1cc(Cl)ncc1Cl. The van der Waals surface area contributed by atoms with Gasteiger partial charge in [0.05, 0.1) is 10.4 Å². The first-order chi connectivity index (χ1) is 5.65. The van der Waals surface area contributed by atoms with Gasteiger partial charge in [0.15, 0.2) is 5.78 Å². The monoisotopic (exact) mass is 267 g/mol. The first-order valence-corrected chi connectivity index (χ1v) is 4.93. The van der Waals surface area contributed by atoms with Crippen LogP contribution in [0, 0.1) is 0 Å². The van der Waals surface area contributed by atoms with Crippen LogP contribution in [0.5, 0.6) is 0 Å². The average molecular weight is 269 g/mol. The van der Waals surface area contributed by atoms with E-state index in [1.54, 1.807) is 0 Å². The summed E-state index contributed by atoms with van der Waals surface area (Å²) >= 11 is 14.3. The van der Waals surface area contributed by atoms with Gasteiger partial charge in [-0.2, -0.15) is 0 Å². The summed E-state index contributed by atoms with van der Waals surface area (Å²) in [5.41, 5.74) is 0.397. The average Bonchev–Trinajstić information content (AvgIpc) is 2.08. The van der Waals surface area contributed by atoms with E-state index in [4.69, 9.17) is 23.2 Å². The molecule has 0 fully saturated rings. The molecule has 0 saturated heterocycles. The first kappa shape index (κ1) is 9.96. The number of carbonyl (C=O) groups excluding carboxylic acids is 1. The van der Waals surface area contributed by atoms with Crippen molar-refractivity contribution in [1.29, 1.82) is 0 Å². The number of carbonyl (C=O) groups is 1. The molecule has 0 amide bonds. The molecular formula is C7H4BrCl2NO. The second kappa shape index (κ2) is 4.21. The molecule has 1 aromatic heterocycles. The summed E-state index contributed by atoms with van der Waals surface area (Å²) in [5, 5.41) is 0.820. The third kappa shape index (κ3) is 2.19. The minimum atomic E-state index is -0.107. The lowest BCUT2D eigenvalue weighted by molar-refractivity contribution is 0.102. The summed E-state index contributed by atoms with van der Waals surface area (Å²) in [6.45, 7) is 0. The van der Waals surface area contributed by atoms with Crippen LogP contribution in [0.1, 0.15) is 10.4 Å². The fraction of sp³-hybridized carbons (Fsp3) is 0.143. The molecule has 64 valence electrons. The molecule has 0 N–H and O–H groups in total. The highest BCUT2D eigenvalue weighted by molar-refractivity contribution is 9.09. The third-order valence-corrected chi connectivity index (χ3v) is 2.26. The van der Waals surface area contributed by atoms with Crippen LogP contribution in [0.3, 0.4) is 0 Å². The Morgan fingerprint density at radius 2 is 2.25 bits per heavy atom.